The van der Waals surface area contributed by atoms with Crippen LogP contribution >= 0.6 is 11.6 Å². The molecule has 1 fully saturated rings. The lowest BCUT2D eigenvalue weighted by atomic mass is 10.0. The molecule has 21 heavy (non-hydrogen) atoms. The lowest BCUT2D eigenvalue weighted by Crippen LogP contribution is -2.29. The molecular weight excluding hydrogens is 284 g/mol. The SMILES string of the molecule is Clc1ccc(-c2cccnc2CON2CCCCC2)cc1. The van der Waals surface area contributed by atoms with Gasteiger partial charge in [0.1, 0.15) is 6.61 Å². The molecule has 0 unspecified atom stereocenters. The number of piperidine rings is 1. The molecule has 0 atom stereocenters. The third kappa shape index (κ3) is 3.82. The fraction of sp³-hybridized carbons (Fsp3) is 0.353. The summed E-state index contributed by atoms with van der Waals surface area (Å²) in [4.78, 5) is 10.4. The Bertz CT molecular complexity index is 580. The molecule has 0 spiro atoms. The number of aromatic nitrogens is 1. The van der Waals surface area contributed by atoms with E-state index in [0.29, 0.717) is 6.61 Å². The van der Waals surface area contributed by atoms with Crippen LogP contribution in [-0.4, -0.2) is 23.1 Å². The Balaban J connectivity index is 1.74. The van der Waals surface area contributed by atoms with Crippen LogP contribution in [0.5, 0.6) is 0 Å². The van der Waals surface area contributed by atoms with Crippen molar-refractivity contribution in [2.24, 2.45) is 0 Å². The highest BCUT2D eigenvalue weighted by atomic mass is 35.5. The molecule has 1 saturated heterocycles. The molecule has 2 aromatic rings. The van der Waals surface area contributed by atoms with Crippen LogP contribution in [0.1, 0.15) is 25.0 Å². The van der Waals surface area contributed by atoms with Gasteiger partial charge in [-0.1, -0.05) is 36.2 Å². The number of nitrogens with zero attached hydrogens (tertiary/aromatic N) is 2. The Morgan fingerprint density at radius 3 is 2.57 bits per heavy atom. The number of rotatable bonds is 4. The van der Waals surface area contributed by atoms with Gasteiger partial charge in [-0.2, -0.15) is 5.06 Å². The van der Waals surface area contributed by atoms with E-state index in [2.05, 4.69) is 16.1 Å². The zero-order valence-corrected chi connectivity index (χ0v) is 12.7. The predicted molar refractivity (Wildman–Crippen MR) is 84.9 cm³/mol. The van der Waals surface area contributed by atoms with E-state index in [9.17, 15) is 0 Å². The maximum atomic E-state index is 5.95. The summed E-state index contributed by atoms with van der Waals surface area (Å²) in [7, 11) is 0. The van der Waals surface area contributed by atoms with Crippen molar-refractivity contribution in [2.45, 2.75) is 25.9 Å². The Kier molecular flexibility index (Phi) is 4.86. The molecule has 1 aromatic heterocycles. The van der Waals surface area contributed by atoms with Crippen LogP contribution in [0, 0.1) is 0 Å². The van der Waals surface area contributed by atoms with Gasteiger partial charge in [0.05, 0.1) is 5.69 Å². The van der Waals surface area contributed by atoms with Crippen LogP contribution in [0.25, 0.3) is 11.1 Å². The Hall–Kier alpha value is -1.42. The molecular formula is C17H19ClN2O. The zero-order valence-electron chi connectivity index (χ0n) is 12.0. The van der Waals surface area contributed by atoms with E-state index in [1.54, 1.807) is 0 Å². The minimum Gasteiger partial charge on any atom is -0.293 e. The molecule has 4 heteroatoms. The first-order chi connectivity index (χ1) is 10.3. The fourth-order valence-corrected chi connectivity index (χ4v) is 2.72. The van der Waals surface area contributed by atoms with Crippen molar-refractivity contribution in [3.8, 4) is 11.1 Å². The molecule has 1 aliphatic heterocycles. The second-order valence-corrected chi connectivity index (χ2v) is 5.70. The summed E-state index contributed by atoms with van der Waals surface area (Å²) in [6, 6.07) is 11.9. The minimum absolute atomic E-state index is 0.513. The molecule has 110 valence electrons. The average molecular weight is 303 g/mol. The Morgan fingerprint density at radius 1 is 1.05 bits per heavy atom. The van der Waals surface area contributed by atoms with Gasteiger partial charge in [-0.25, -0.2) is 0 Å². The van der Waals surface area contributed by atoms with Crippen LogP contribution in [0.3, 0.4) is 0 Å². The van der Waals surface area contributed by atoms with Crippen molar-refractivity contribution in [2.75, 3.05) is 13.1 Å². The summed E-state index contributed by atoms with van der Waals surface area (Å²) in [5.41, 5.74) is 3.18. The first kappa shape index (κ1) is 14.5. The van der Waals surface area contributed by atoms with E-state index in [-0.39, 0.29) is 0 Å². The van der Waals surface area contributed by atoms with E-state index in [4.69, 9.17) is 16.4 Å². The van der Waals surface area contributed by atoms with E-state index in [1.807, 2.05) is 36.5 Å². The molecule has 0 aliphatic carbocycles. The quantitative estimate of drug-likeness (QED) is 0.841. The number of halogens is 1. The van der Waals surface area contributed by atoms with Crippen molar-refractivity contribution >= 4 is 11.6 Å². The van der Waals surface area contributed by atoms with Crippen LogP contribution in [0.4, 0.5) is 0 Å². The molecule has 0 N–H and O–H groups in total. The normalized spacial score (nSPS) is 16.0. The predicted octanol–water partition coefficient (Wildman–Crippen LogP) is 4.32. The molecule has 1 aliphatic rings. The standard InChI is InChI=1S/C17H19ClN2O/c18-15-8-6-14(7-9-15)16-5-4-10-19-17(16)13-21-20-11-2-1-3-12-20/h4-10H,1-3,11-13H2. The van der Waals surface area contributed by atoms with Crippen molar-refractivity contribution < 1.29 is 4.84 Å². The van der Waals surface area contributed by atoms with Crippen LogP contribution in [0.15, 0.2) is 42.6 Å². The Morgan fingerprint density at radius 2 is 1.81 bits per heavy atom. The molecule has 0 radical (unpaired) electrons. The molecule has 0 amide bonds. The highest BCUT2D eigenvalue weighted by molar-refractivity contribution is 6.30. The lowest BCUT2D eigenvalue weighted by Gasteiger charge is -2.25. The molecule has 2 heterocycles. The highest BCUT2D eigenvalue weighted by Gasteiger charge is 2.12. The van der Waals surface area contributed by atoms with Gasteiger partial charge in [0.25, 0.3) is 0 Å². The second-order valence-electron chi connectivity index (χ2n) is 5.27. The number of hydrogen-bond acceptors (Lipinski definition) is 3. The summed E-state index contributed by atoms with van der Waals surface area (Å²) in [6.45, 7) is 2.55. The van der Waals surface area contributed by atoms with Crippen LogP contribution in [-0.2, 0) is 11.4 Å². The molecule has 0 bridgehead atoms. The molecule has 1 aromatic carbocycles. The number of benzene rings is 1. The number of hydrogen-bond donors (Lipinski definition) is 0. The van der Waals surface area contributed by atoms with Gasteiger partial charge in [-0.3, -0.25) is 9.82 Å². The van der Waals surface area contributed by atoms with Crippen molar-refractivity contribution in [3.63, 3.8) is 0 Å². The fourth-order valence-electron chi connectivity index (χ4n) is 2.59. The van der Waals surface area contributed by atoms with Gasteiger partial charge in [-0.15, -0.1) is 0 Å². The maximum Gasteiger partial charge on any atom is 0.111 e. The monoisotopic (exact) mass is 302 g/mol. The van der Waals surface area contributed by atoms with Gasteiger partial charge in [-0.05, 0) is 36.6 Å². The topological polar surface area (TPSA) is 25.4 Å². The smallest absolute Gasteiger partial charge is 0.111 e. The summed E-state index contributed by atoms with van der Waals surface area (Å²) in [5.74, 6) is 0. The van der Waals surface area contributed by atoms with E-state index in [0.717, 1.165) is 34.9 Å². The molecule has 0 saturated carbocycles. The van der Waals surface area contributed by atoms with Crippen LogP contribution in [0.2, 0.25) is 5.02 Å². The number of pyridine rings is 1. The first-order valence-electron chi connectivity index (χ1n) is 7.40. The van der Waals surface area contributed by atoms with Crippen molar-refractivity contribution in [1.29, 1.82) is 0 Å². The minimum atomic E-state index is 0.513. The Labute approximate surface area is 130 Å². The van der Waals surface area contributed by atoms with Gasteiger partial charge in [0.2, 0.25) is 0 Å². The second kappa shape index (κ2) is 7.03. The van der Waals surface area contributed by atoms with Gasteiger partial charge < -0.3 is 0 Å². The van der Waals surface area contributed by atoms with Crippen molar-refractivity contribution in [1.82, 2.24) is 10.0 Å². The van der Waals surface area contributed by atoms with E-state index >= 15 is 0 Å². The van der Waals surface area contributed by atoms with E-state index < -0.39 is 0 Å². The highest BCUT2D eigenvalue weighted by Crippen LogP contribution is 2.24. The average Bonchev–Trinajstić information content (AvgIpc) is 2.55. The largest absolute Gasteiger partial charge is 0.293 e. The van der Waals surface area contributed by atoms with Gasteiger partial charge in [0, 0.05) is 29.9 Å². The number of hydroxylamine groups is 2. The van der Waals surface area contributed by atoms with E-state index in [1.165, 1.54) is 19.3 Å². The van der Waals surface area contributed by atoms with Crippen molar-refractivity contribution in [3.05, 3.63) is 53.3 Å². The maximum absolute atomic E-state index is 5.95. The van der Waals surface area contributed by atoms with Gasteiger partial charge in [0.15, 0.2) is 0 Å². The summed E-state index contributed by atoms with van der Waals surface area (Å²) in [6.07, 6.45) is 5.55. The third-order valence-corrected chi connectivity index (χ3v) is 4.00. The summed E-state index contributed by atoms with van der Waals surface area (Å²) >= 11 is 5.95. The molecule has 3 nitrogen and oxygen atoms in total. The zero-order chi connectivity index (χ0) is 14.5. The summed E-state index contributed by atoms with van der Waals surface area (Å²) < 4.78 is 0. The summed E-state index contributed by atoms with van der Waals surface area (Å²) in [5, 5.41) is 2.80. The van der Waals surface area contributed by atoms with Crippen LogP contribution < -0.4 is 0 Å². The third-order valence-electron chi connectivity index (χ3n) is 3.74. The lowest BCUT2D eigenvalue weighted by molar-refractivity contribution is -0.179. The van der Waals surface area contributed by atoms with Gasteiger partial charge >= 0.3 is 0 Å². The molecule has 3 rings (SSSR count). The first-order valence-corrected chi connectivity index (χ1v) is 7.78.